The van der Waals surface area contributed by atoms with Crippen LogP contribution < -0.4 is 4.74 Å². The number of methoxy groups -OCH3 is 1. The molecule has 23 heavy (non-hydrogen) atoms. The Hall–Kier alpha value is -1.26. The van der Waals surface area contributed by atoms with Crippen molar-refractivity contribution < 1.29 is 14.3 Å². The van der Waals surface area contributed by atoms with Crippen LogP contribution in [0.25, 0.3) is 0 Å². The monoisotopic (exact) mass is 388 g/mol. The molecule has 0 unspecified atom stereocenters. The number of benzene rings is 2. The number of rotatable bonds is 2. The highest BCUT2D eigenvalue weighted by atomic mass is 35.5. The predicted octanol–water partition coefficient (Wildman–Crippen LogP) is 5.47. The lowest BCUT2D eigenvalue weighted by Gasteiger charge is -2.17. The van der Waals surface area contributed by atoms with Gasteiger partial charge in [-0.1, -0.05) is 70.7 Å². The summed E-state index contributed by atoms with van der Waals surface area (Å²) in [6.45, 7) is 0. The molecule has 0 spiro atoms. The first-order chi connectivity index (χ1) is 10.9. The maximum absolute atomic E-state index is 12.6. The summed E-state index contributed by atoms with van der Waals surface area (Å²) in [5, 5.41) is -0.0138. The van der Waals surface area contributed by atoms with Crippen LogP contribution in [0.1, 0.15) is 32.2 Å². The number of fused-ring (bicyclic) bond motifs is 1. The van der Waals surface area contributed by atoms with Gasteiger partial charge in [-0.25, -0.2) is 0 Å². The van der Waals surface area contributed by atoms with Crippen LogP contribution in [0.5, 0.6) is 5.75 Å². The van der Waals surface area contributed by atoms with Crippen LogP contribution >= 0.6 is 46.4 Å². The standard InChI is InChI=1S/C16H8Cl4O3/c1-23-16-12(19)10(17)8(11(18)13(16)20)9-14(21)6-4-2-3-5-7(6)15(9)22/h2-5,9H,1H3. The number of carbonyl (C=O) groups is 2. The third-order valence-corrected chi connectivity index (χ3v) is 5.43. The maximum atomic E-state index is 12.6. The van der Waals surface area contributed by atoms with Gasteiger partial charge in [-0.3, -0.25) is 9.59 Å². The zero-order valence-electron chi connectivity index (χ0n) is 11.6. The van der Waals surface area contributed by atoms with Crippen LogP contribution in [0.4, 0.5) is 0 Å². The van der Waals surface area contributed by atoms with E-state index in [4.69, 9.17) is 51.1 Å². The van der Waals surface area contributed by atoms with E-state index >= 15 is 0 Å². The highest BCUT2D eigenvalue weighted by Gasteiger charge is 2.42. The van der Waals surface area contributed by atoms with E-state index in [1.54, 1.807) is 24.3 Å². The molecule has 0 aromatic heterocycles. The number of halogens is 4. The molecule has 2 aromatic carbocycles. The fraction of sp³-hybridized carbons (Fsp3) is 0.125. The lowest BCUT2D eigenvalue weighted by molar-refractivity contribution is 0.0890. The molecule has 0 atom stereocenters. The van der Waals surface area contributed by atoms with Crippen molar-refractivity contribution in [1.82, 2.24) is 0 Å². The number of ether oxygens (including phenoxy) is 1. The largest absolute Gasteiger partial charge is 0.494 e. The Bertz CT molecular complexity index is 797. The minimum Gasteiger partial charge on any atom is -0.494 e. The maximum Gasteiger partial charge on any atom is 0.178 e. The molecule has 7 heteroatoms. The average Bonchev–Trinajstić information content (AvgIpc) is 2.79. The number of ketones is 2. The van der Waals surface area contributed by atoms with Crippen molar-refractivity contribution in [3.05, 3.63) is 61.0 Å². The molecule has 0 saturated carbocycles. The average molecular weight is 390 g/mol. The number of hydrogen-bond donors (Lipinski definition) is 0. The summed E-state index contributed by atoms with van der Waals surface area (Å²) in [4.78, 5) is 25.3. The Morgan fingerprint density at radius 2 is 1.26 bits per heavy atom. The predicted molar refractivity (Wildman–Crippen MR) is 90.9 cm³/mol. The lowest BCUT2D eigenvalue weighted by Crippen LogP contribution is -2.14. The zero-order chi connectivity index (χ0) is 16.9. The van der Waals surface area contributed by atoms with Crippen LogP contribution in [0, 0.1) is 0 Å². The fourth-order valence-corrected chi connectivity index (χ4v) is 3.89. The Morgan fingerprint density at radius 1 is 0.826 bits per heavy atom. The van der Waals surface area contributed by atoms with Gasteiger partial charge in [-0.15, -0.1) is 0 Å². The minimum absolute atomic E-state index is 0.00937. The Morgan fingerprint density at radius 3 is 1.65 bits per heavy atom. The van der Waals surface area contributed by atoms with Gasteiger partial charge >= 0.3 is 0 Å². The first kappa shape index (κ1) is 16.6. The second kappa shape index (κ2) is 5.99. The molecule has 0 saturated heterocycles. The molecule has 0 radical (unpaired) electrons. The van der Waals surface area contributed by atoms with Crippen molar-refractivity contribution in [2.75, 3.05) is 7.11 Å². The van der Waals surface area contributed by atoms with E-state index in [1.165, 1.54) is 7.11 Å². The number of Topliss-reactive ketones (excluding diaryl/α,β-unsaturated/α-hetero) is 2. The quantitative estimate of drug-likeness (QED) is 0.505. The molecule has 3 rings (SSSR count). The fourth-order valence-electron chi connectivity index (χ4n) is 2.67. The number of hydrogen-bond acceptors (Lipinski definition) is 3. The molecule has 0 aliphatic heterocycles. The second-order valence-electron chi connectivity index (χ2n) is 4.91. The third-order valence-electron chi connectivity index (χ3n) is 3.73. The lowest BCUT2D eigenvalue weighted by atomic mass is 9.94. The molecule has 118 valence electrons. The molecule has 1 aliphatic carbocycles. The SMILES string of the molecule is COc1c(Cl)c(Cl)c(C2C(=O)c3ccccc3C2=O)c(Cl)c1Cl. The number of carbonyl (C=O) groups excluding carboxylic acids is 2. The van der Waals surface area contributed by atoms with E-state index in [0.29, 0.717) is 11.1 Å². The van der Waals surface area contributed by atoms with Crippen LogP contribution in [0.3, 0.4) is 0 Å². The topological polar surface area (TPSA) is 43.4 Å². The van der Waals surface area contributed by atoms with Crippen molar-refractivity contribution in [2.45, 2.75) is 5.92 Å². The smallest absolute Gasteiger partial charge is 0.178 e. The summed E-state index contributed by atoms with van der Waals surface area (Å²) in [7, 11) is 1.36. The van der Waals surface area contributed by atoms with Gasteiger partial charge in [0.15, 0.2) is 17.3 Å². The van der Waals surface area contributed by atoms with Gasteiger partial charge in [0.05, 0.1) is 17.2 Å². The van der Waals surface area contributed by atoms with Gasteiger partial charge in [0.25, 0.3) is 0 Å². The van der Waals surface area contributed by atoms with E-state index in [0.717, 1.165) is 0 Å². The van der Waals surface area contributed by atoms with Crippen molar-refractivity contribution >= 4 is 58.0 Å². The highest BCUT2D eigenvalue weighted by Crippen LogP contribution is 2.50. The molecular weight excluding hydrogens is 382 g/mol. The van der Waals surface area contributed by atoms with Gasteiger partial charge in [0.1, 0.15) is 16.0 Å². The summed E-state index contributed by atoms with van der Waals surface area (Å²) in [6, 6.07) is 6.54. The highest BCUT2D eigenvalue weighted by molar-refractivity contribution is 6.50. The Kier molecular flexibility index (Phi) is 4.32. The molecule has 3 nitrogen and oxygen atoms in total. The van der Waals surface area contributed by atoms with Gasteiger partial charge in [0, 0.05) is 16.7 Å². The second-order valence-corrected chi connectivity index (χ2v) is 6.42. The van der Waals surface area contributed by atoms with Gasteiger partial charge in [-0.05, 0) is 0 Å². The molecule has 0 fully saturated rings. The van der Waals surface area contributed by atoms with Crippen LogP contribution in [0.2, 0.25) is 20.1 Å². The summed E-state index contributed by atoms with van der Waals surface area (Å²) >= 11 is 24.8. The molecular formula is C16H8Cl4O3. The van der Waals surface area contributed by atoms with E-state index in [2.05, 4.69) is 0 Å². The molecule has 0 heterocycles. The van der Waals surface area contributed by atoms with Crippen molar-refractivity contribution in [1.29, 1.82) is 0 Å². The van der Waals surface area contributed by atoms with E-state index in [-0.39, 0.29) is 43.0 Å². The molecule has 0 amide bonds. The van der Waals surface area contributed by atoms with Crippen molar-refractivity contribution in [3.63, 3.8) is 0 Å². The third kappa shape index (κ3) is 2.34. The van der Waals surface area contributed by atoms with Crippen LogP contribution in [-0.2, 0) is 0 Å². The van der Waals surface area contributed by atoms with Gasteiger partial charge in [0.2, 0.25) is 0 Å². The van der Waals surface area contributed by atoms with E-state index < -0.39 is 5.92 Å². The summed E-state index contributed by atoms with van der Waals surface area (Å²) in [5.41, 5.74) is 0.769. The van der Waals surface area contributed by atoms with Gasteiger partial charge in [-0.2, -0.15) is 0 Å². The Balaban J connectivity index is 2.26. The first-order valence-electron chi connectivity index (χ1n) is 6.47. The summed E-state index contributed by atoms with van der Waals surface area (Å²) in [6.07, 6.45) is 0. The molecule has 2 aromatic rings. The summed E-state index contributed by atoms with van der Waals surface area (Å²) < 4.78 is 5.07. The van der Waals surface area contributed by atoms with Crippen molar-refractivity contribution in [3.8, 4) is 5.75 Å². The molecule has 0 bridgehead atoms. The molecule has 0 N–H and O–H groups in total. The van der Waals surface area contributed by atoms with Crippen molar-refractivity contribution in [2.24, 2.45) is 0 Å². The van der Waals surface area contributed by atoms with Crippen LogP contribution in [-0.4, -0.2) is 18.7 Å². The normalized spacial score (nSPS) is 14.3. The summed E-state index contributed by atoms with van der Waals surface area (Å²) in [5.74, 6) is -1.82. The first-order valence-corrected chi connectivity index (χ1v) is 7.98. The van der Waals surface area contributed by atoms with Crippen LogP contribution in [0.15, 0.2) is 24.3 Å². The minimum atomic E-state index is -1.16. The molecule has 1 aliphatic rings. The zero-order valence-corrected chi connectivity index (χ0v) is 14.6. The van der Waals surface area contributed by atoms with E-state index in [1.807, 2.05) is 0 Å². The van der Waals surface area contributed by atoms with E-state index in [9.17, 15) is 9.59 Å². The van der Waals surface area contributed by atoms with Gasteiger partial charge < -0.3 is 4.74 Å². The Labute approximate surface area is 152 Å².